The van der Waals surface area contributed by atoms with Crippen LogP contribution in [0.3, 0.4) is 0 Å². The Bertz CT molecular complexity index is 355. The van der Waals surface area contributed by atoms with Crippen LogP contribution in [0.4, 0.5) is 0 Å². The van der Waals surface area contributed by atoms with Crippen molar-refractivity contribution in [2.75, 3.05) is 26.2 Å². The monoisotopic (exact) mass is 396 g/mol. The first-order valence-corrected chi connectivity index (χ1v) is 12.4. The third-order valence-corrected chi connectivity index (χ3v) is 7.54. The number of nitrogens with two attached hydrogens (primary N) is 4. The third-order valence-electron chi connectivity index (χ3n) is 7.54. The lowest BCUT2D eigenvalue weighted by Gasteiger charge is -2.23. The van der Waals surface area contributed by atoms with Crippen molar-refractivity contribution < 1.29 is 0 Å². The van der Waals surface area contributed by atoms with Crippen molar-refractivity contribution in [3.05, 3.63) is 0 Å². The molecule has 0 amide bonds. The molecule has 0 aliphatic heterocycles. The van der Waals surface area contributed by atoms with E-state index in [-0.39, 0.29) is 0 Å². The fourth-order valence-corrected chi connectivity index (χ4v) is 6.68. The molecule has 8 N–H and O–H groups in total. The number of fused-ring (bicyclic) bond motifs is 7. The van der Waals surface area contributed by atoms with E-state index in [1.807, 2.05) is 20.8 Å². The van der Waals surface area contributed by atoms with Crippen LogP contribution in [-0.2, 0) is 0 Å². The topological polar surface area (TPSA) is 104 Å². The molecule has 0 aromatic rings. The lowest BCUT2D eigenvalue weighted by atomic mass is 9.82. The van der Waals surface area contributed by atoms with Crippen LogP contribution >= 0.6 is 0 Å². The molecule has 7 atom stereocenters. The molecule has 0 radical (unpaired) electrons. The van der Waals surface area contributed by atoms with Crippen LogP contribution < -0.4 is 22.9 Å². The van der Waals surface area contributed by atoms with Gasteiger partial charge in [-0.2, -0.15) is 0 Å². The van der Waals surface area contributed by atoms with E-state index in [1.165, 1.54) is 49.4 Å². The maximum atomic E-state index is 5.62. The van der Waals surface area contributed by atoms with Crippen molar-refractivity contribution in [1.82, 2.24) is 0 Å². The van der Waals surface area contributed by atoms with E-state index in [2.05, 4.69) is 0 Å². The first-order chi connectivity index (χ1) is 13.6. The Labute approximate surface area is 175 Å². The Balaban J connectivity index is 0.000000201. The van der Waals surface area contributed by atoms with Crippen LogP contribution in [-0.4, -0.2) is 26.2 Å². The van der Waals surface area contributed by atoms with E-state index < -0.39 is 0 Å². The molecule has 28 heavy (non-hydrogen) atoms. The lowest BCUT2D eigenvalue weighted by Crippen LogP contribution is -2.19. The van der Waals surface area contributed by atoms with Crippen molar-refractivity contribution in [2.45, 2.75) is 85.0 Å². The van der Waals surface area contributed by atoms with Gasteiger partial charge in [0.05, 0.1) is 0 Å². The Hall–Kier alpha value is -0.160. The molecule has 168 valence electrons. The van der Waals surface area contributed by atoms with E-state index in [9.17, 15) is 0 Å². The number of rotatable bonds is 1. The molecule has 5 fully saturated rings. The standard InChI is InChI=1S/C10H16.C8H15N.3C2H7N/c1-2-9-7-4-5-8(6-7)10(9)3-1;9-5-8-4-6-1-2-7(8)3-6;3*1-2-3/h7-10H,1-6H2;6-8H,1-5,9H2;3*2-3H2,1H3. The Morgan fingerprint density at radius 2 is 1.04 bits per heavy atom. The lowest BCUT2D eigenvalue weighted by molar-refractivity contribution is 0.259. The highest BCUT2D eigenvalue weighted by atomic mass is 14.6. The first kappa shape index (κ1) is 25.9. The van der Waals surface area contributed by atoms with Crippen LogP contribution in [0.1, 0.15) is 85.0 Å². The molecule has 5 rings (SSSR count). The van der Waals surface area contributed by atoms with Crippen molar-refractivity contribution in [3.8, 4) is 0 Å². The van der Waals surface area contributed by atoms with Gasteiger partial charge in [-0.15, -0.1) is 0 Å². The van der Waals surface area contributed by atoms with Crippen LogP contribution in [0, 0.1) is 41.4 Å². The van der Waals surface area contributed by atoms with E-state index in [1.54, 1.807) is 38.5 Å². The Morgan fingerprint density at radius 1 is 0.571 bits per heavy atom. The summed E-state index contributed by atoms with van der Waals surface area (Å²) < 4.78 is 0. The molecular formula is C24H52N4. The van der Waals surface area contributed by atoms with Gasteiger partial charge in [0.2, 0.25) is 0 Å². The summed E-state index contributed by atoms with van der Waals surface area (Å²) in [4.78, 5) is 0. The average molecular weight is 397 g/mol. The zero-order valence-corrected chi connectivity index (χ0v) is 19.3. The van der Waals surface area contributed by atoms with E-state index in [0.29, 0.717) is 0 Å². The second-order valence-corrected chi connectivity index (χ2v) is 9.49. The van der Waals surface area contributed by atoms with Gasteiger partial charge < -0.3 is 22.9 Å². The second-order valence-electron chi connectivity index (χ2n) is 9.49. The fraction of sp³-hybridized carbons (Fsp3) is 1.00. The minimum absolute atomic E-state index is 0.750. The zero-order chi connectivity index (χ0) is 20.9. The maximum Gasteiger partial charge on any atom is -0.00461 e. The molecule has 0 spiro atoms. The summed E-state index contributed by atoms with van der Waals surface area (Å²) in [6, 6.07) is 0. The number of hydrogen-bond donors (Lipinski definition) is 4. The molecule has 5 aliphatic rings. The summed E-state index contributed by atoms with van der Waals surface area (Å²) in [5.74, 6) is 7.81. The number of hydrogen-bond acceptors (Lipinski definition) is 4. The van der Waals surface area contributed by atoms with E-state index >= 15 is 0 Å². The molecule has 4 heteroatoms. The van der Waals surface area contributed by atoms with Gasteiger partial charge in [0.15, 0.2) is 0 Å². The molecule has 4 bridgehead atoms. The van der Waals surface area contributed by atoms with Crippen molar-refractivity contribution in [1.29, 1.82) is 0 Å². The largest absolute Gasteiger partial charge is 0.331 e. The first-order valence-electron chi connectivity index (χ1n) is 12.4. The normalized spacial score (nSPS) is 38.0. The summed E-state index contributed by atoms with van der Waals surface area (Å²) in [5, 5.41) is 0. The van der Waals surface area contributed by atoms with Crippen LogP contribution in [0.2, 0.25) is 0 Å². The van der Waals surface area contributed by atoms with Gasteiger partial charge in [-0.1, -0.05) is 33.6 Å². The highest BCUT2D eigenvalue weighted by Gasteiger charge is 2.48. The minimum atomic E-state index is 0.750. The van der Waals surface area contributed by atoms with Crippen molar-refractivity contribution in [2.24, 2.45) is 64.4 Å². The highest BCUT2D eigenvalue weighted by molar-refractivity contribution is 4.98. The summed E-state index contributed by atoms with van der Waals surface area (Å²) in [7, 11) is 0. The summed E-state index contributed by atoms with van der Waals surface area (Å²) in [5.41, 5.74) is 20.2. The fourth-order valence-electron chi connectivity index (χ4n) is 6.68. The quantitative estimate of drug-likeness (QED) is 0.535. The highest BCUT2D eigenvalue weighted by Crippen LogP contribution is 2.58. The van der Waals surface area contributed by atoms with Gasteiger partial charge in [0.25, 0.3) is 0 Å². The van der Waals surface area contributed by atoms with E-state index in [4.69, 9.17) is 22.9 Å². The molecule has 5 saturated carbocycles. The minimum Gasteiger partial charge on any atom is -0.331 e. The van der Waals surface area contributed by atoms with Gasteiger partial charge in [-0.3, -0.25) is 0 Å². The van der Waals surface area contributed by atoms with Gasteiger partial charge >= 0.3 is 0 Å². The predicted molar refractivity (Wildman–Crippen MR) is 124 cm³/mol. The van der Waals surface area contributed by atoms with Gasteiger partial charge in [-0.25, -0.2) is 0 Å². The van der Waals surface area contributed by atoms with Crippen molar-refractivity contribution >= 4 is 0 Å². The molecule has 0 saturated heterocycles. The second kappa shape index (κ2) is 14.8. The molecule has 7 unspecified atom stereocenters. The average Bonchev–Trinajstić information content (AvgIpc) is 3.50. The Morgan fingerprint density at radius 3 is 1.36 bits per heavy atom. The van der Waals surface area contributed by atoms with E-state index in [0.717, 1.165) is 43.9 Å². The van der Waals surface area contributed by atoms with Crippen molar-refractivity contribution in [3.63, 3.8) is 0 Å². The Kier molecular flexibility index (Phi) is 13.6. The van der Waals surface area contributed by atoms with Crippen LogP contribution in [0.15, 0.2) is 0 Å². The molecule has 0 aromatic heterocycles. The summed E-state index contributed by atoms with van der Waals surface area (Å²) >= 11 is 0. The summed E-state index contributed by atoms with van der Waals surface area (Å²) in [6.45, 7) is 8.90. The predicted octanol–water partition coefficient (Wildman–Crippen LogP) is 4.11. The SMILES string of the molecule is C1CC2C3CCC(C3)C2C1.CCN.CCN.CCN.NCC1CC2CCC1C2. The molecule has 4 nitrogen and oxygen atoms in total. The zero-order valence-electron chi connectivity index (χ0n) is 19.3. The molecule has 0 aromatic carbocycles. The molecule has 0 heterocycles. The summed E-state index contributed by atoms with van der Waals surface area (Å²) in [6.07, 6.45) is 15.5. The maximum absolute atomic E-state index is 5.62. The van der Waals surface area contributed by atoms with Gasteiger partial charge in [0, 0.05) is 0 Å². The smallest absolute Gasteiger partial charge is 0.00461 e. The van der Waals surface area contributed by atoms with Gasteiger partial charge in [-0.05, 0) is 119 Å². The molecular weight excluding hydrogens is 344 g/mol. The van der Waals surface area contributed by atoms with Crippen LogP contribution in [0.25, 0.3) is 0 Å². The molecule has 5 aliphatic carbocycles. The van der Waals surface area contributed by atoms with Crippen LogP contribution in [0.5, 0.6) is 0 Å². The van der Waals surface area contributed by atoms with Gasteiger partial charge in [0.1, 0.15) is 0 Å². The third kappa shape index (κ3) is 7.59.